The molecule has 84 valence electrons. The molecule has 0 atom stereocenters. The molecule has 0 saturated heterocycles. The van der Waals surface area contributed by atoms with Gasteiger partial charge < -0.3 is 15.0 Å². The highest BCUT2D eigenvalue weighted by Crippen LogP contribution is 1.98. The van der Waals surface area contributed by atoms with Gasteiger partial charge in [-0.2, -0.15) is 0 Å². The maximum Gasteiger partial charge on any atom is 0.293 e. The van der Waals surface area contributed by atoms with E-state index in [0.29, 0.717) is 24.8 Å². The fraction of sp³-hybridized carbons (Fsp3) is 0.600. The van der Waals surface area contributed by atoms with Crippen LogP contribution in [0.25, 0.3) is 0 Å². The number of nitrogens with one attached hydrogen (secondary N) is 1. The van der Waals surface area contributed by atoms with Gasteiger partial charge in [0.1, 0.15) is 0 Å². The van der Waals surface area contributed by atoms with Crippen LogP contribution in [0.5, 0.6) is 0 Å². The second-order valence-electron chi connectivity index (χ2n) is 3.78. The van der Waals surface area contributed by atoms with Crippen molar-refractivity contribution in [1.82, 2.24) is 9.55 Å². The summed E-state index contributed by atoms with van der Waals surface area (Å²) in [6, 6.07) is 0. The lowest BCUT2D eigenvalue weighted by atomic mass is 10.2. The van der Waals surface area contributed by atoms with Crippen LogP contribution in [0.2, 0.25) is 0 Å². The minimum Gasteiger partial charge on any atom is -0.395 e. The van der Waals surface area contributed by atoms with Crippen LogP contribution in [-0.4, -0.2) is 27.8 Å². The summed E-state index contributed by atoms with van der Waals surface area (Å²) in [7, 11) is 0. The largest absolute Gasteiger partial charge is 0.395 e. The number of aliphatic hydroxyl groups is 1. The van der Waals surface area contributed by atoms with E-state index in [1.54, 1.807) is 17.0 Å². The van der Waals surface area contributed by atoms with Gasteiger partial charge in [0.25, 0.3) is 5.56 Å². The van der Waals surface area contributed by atoms with E-state index in [2.05, 4.69) is 10.3 Å². The van der Waals surface area contributed by atoms with E-state index in [-0.39, 0.29) is 12.2 Å². The Bertz CT molecular complexity index is 360. The second-order valence-corrected chi connectivity index (χ2v) is 3.78. The molecular weight excluding hydrogens is 194 g/mol. The predicted molar refractivity (Wildman–Crippen MR) is 58.9 cm³/mol. The molecule has 0 aliphatic carbocycles. The van der Waals surface area contributed by atoms with Crippen molar-refractivity contribution in [2.45, 2.75) is 20.4 Å². The zero-order valence-electron chi connectivity index (χ0n) is 9.10. The molecule has 1 aromatic heterocycles. The monoisotopic (exact) mass is 211 g/mol. The van der Waals surface area contributed by atoms with E-state index < -0.39 is 0 Å². The fourth-order valence-electron chi connectivity index (χ4n) is 1.28. The summed E-state index contributed by atoms with van der Waals surface area (Å²) in [4.78, 5) is 15.7. The molecule has 0 aromatic carbocycles. The van der Waals surface area contributed by atoms with Gasteiger partial charge in [-0.1, -0.05) is 13.8 Å². The Morgan fingerprint density at radius 1 is 1.60 bits per heavy atom. The van der Waals surface area contributed by atoms with Gasteiger partial charge in [-0.05, 0) is 5.92 Å². The summed E-state index contributed by atoms with van der Waals surface area (Å²) in [5, 5.41) is 11.4. The van der Waals surface area contributed by atoms with Crippen molar-refractivity contribution >= 4 is 5.82 Å². The average molecular weight is 211 g/mol. The second kappa shape index (κ2) is 5.50. The predicted octanol–water partition coefficient (Wildman–Crippen LogP) is 0.303. The highest BCUT2D eigenvalue weighted by molar-refractivity contribution is 5.30. The highest BCUT2D eigenvalue weighted by Gasteiger charge is 2.04. The minimum absolute atomic E-state index is 0.0137. The van der Waals surface area contributed by atoms with E-state index >= 15 is 0 Å². The quantitative estimate of drug-likeness (QED) is 0.735. The molecular formula is C10H17N3O2. The Morgan fingerprint density at radius 3 is 2.93 bits per heavy atom. The lowest BCUT2D eigenvalue weighted by Gasteiger charge is -2.10. The Balaban J connectivity index is 2.85. The molecule has 1 heterocycles. The van der Waals surface area contributed by atoms with Crippen LogP contribution in [0.4, 0.5) is 5.82 Å². The van der Waals surface area contributed by atoms with Gasteiger partial charge in [0.2, 0.25) is 0 Å². The van der Waals surface area contributed by atoms with Gasteiger partial charge in [0, 0.05) is 25.5 Å². The number of nitrogens with zero attached hydrogens (tertiary/aromatic N) is 2. The van der Waals surface area contributed by atoms with Crippen LogP contribution in [0.1, 0.15) is 13.8 Å². The third-order valence-corrected chi connectivity index (χ3v) is 1.88. The van der Waals surface area contributed by atoms with Crippen LogP contribution < -0.4 is 10.9 Å². The molecule has 5 heteroatoms. The number of hydrogen-bond acceptors (Lipinski definition) is 4. The van der Waals surface area contributed by atoms with Crippen LogP contribution in [0.3, 0.4) is 0 Å². The van der Waals surface area contributed by atoms with Crippen LogP contribution in [0.15, 0.2) is 17.2 Å². The lowest BCUT2D eigenvalue weighted by Crippen LogP contribution is -2.26. The first-order chi connectivity index (χ1) is 7.15. The number of aromatic nitrogens is 2. The first-order valence-corrected chi connectivity index (χ1v) is 5.05. The first kappa shape index (κ1) is 11.7. The van der Waals surface area contributed by atoms with Crippen molar-refractivity contribution < 1.29 is 5.11 Å². The Morgan fingerprint density at radius 2 is 2.33 bits per heavy atom. The average Bonchev–Trinajstić information content (AvgIpc) is 2.19. The van der Waals surface area contributed by atoms with Crippen LogP contribution >= 0.6 is 0 Å². The van der Waals surface area contributed by atoms with Gasteiger partial charge in [0.15, 0.2) is 5.82 Å². The normalized spacial score (nSPS) is 10.7. The molecule has 0 spiro atoms. The molecule has 0 radical (unpaired) electrons. The van der Waals surface area contributed by atoms with Gasteiger partial charge in [-0.3, -0.25) is 4.79 Å². The number of aliphatic hydroxyl groups excluding tert-OH is 1. The van der Waals surface area contributed by atoms with E-state index in [4.69, 9.17) is 5.11 Å². The van der Waals surface area contributed by atoms with Crippen molar-refractivity contribution in [2.75, 3.05) is 18.5 Å². The SMILES string of the molecule is CC(C)Cn1ccnc(NCCO)c1=O. The molecule has 1 rings (SSSR count). The summed E-state index contributed by atoms with van der Waals surface area (Å²) in [6.45, 7) is 5.10. The summed E-state index contributed by atoms with van der Waals surface area (Å²) >= 11 is 0. The van der Waals surface area contributed by atoms with Crippen molar-refractivity contribution in [3.63, 3.8) is 0 Å². The smallest absolute Gasteiger partial charge is 0.293 e. The zero-order valence-corrected chi connectivity index (χ0v) is 9.10. The molecule has 15 heavy (non-hydrogen) atoms. The summed E-state index contributed by atoms with van der Waals surface area (Å²) in [5.74, 6) is 0.711. The van der Waals surface area contributed by atoms with E-state index in [9.17, 15) is 4.79 Å². The lowest BCUT2D eigenvalue weighted by molar-refractivity contribution is 0.311. The maximum absolute atomic E-state index is 11.8. The van der Waals surface area contributed by atoms with Crippen LogP contribution in [0, 0.1) is 5.92 Å². The maximum atomic E-state index is 11.8. The van der Waals surface area contributed by atoms with Gasteiger partial charge in [-0.15, -0.1) is 0 Å². The molecule has 0 aliphatic heterocycles. The molecule has 0 fully saturated rings. The highest BCUT2D eigenvalue weighted by atomic mass is 16.3. The molecule has 0 unspecified atom stereocenters. The standard InChI is InChI=1S/C10H17N3O2/c1-8(2)7-13-5-3-11-9(10(13)15)12-4-6-14/h3,5,8,14H,4,6-7H2,1-2H3,(H,11,12). The molecule has 0 bridgehead atoms. The Kier molecular flexibility index (Phi) is 4.30. The first-order valence-electron chi connectivity index (χ1n) is 5.05. The third-order valence-electron chi connectivity index (χ3n) is 1.88. The molecule has 0 amide bonds. The van der Waals surface area contributed by atoms with Crippen molar-refractivity contribution in [2.24, 2.45) is 5.92 Å². The Hall–Kier alpha value is -1.36. The molecule has 1 aromatic rings. The topological polar surface area (TPSA) is 67.2 Å². The molecule has 5 nitrogen and oxygen atoms in total. The summed E-state index contributed by atoms with van der Waals surface area (Å²) in [6.07, 6.45) is 3.26. The number of anilines is 1. The van der Waals surface area contributed by atoms with Gasteiger partial charge >= 0.3 is 0 Å². The van der Waals surface area contributed by atoms with E-state index in [1.165, 1.54) is 0 Å². The van der Waals surface area contributed by atoms with Crippen LogP contribution in [-0.2, 0) is 6.54 Å². The van der Waals surface area contributed by atoms with E-state index in [1.807, 2.05) is 13.8 Å². The van der Waals surface area contributed by atoms with Crippen molar-refractivity contribution in [1.29, 1.82) is 0 Å². The summed E-state index contributed by atoms with van der Waals surface area (Å²) < 4.78 is 1.62. The third kappa shape index (κ3) is 3.36. The summed E-state index contributed by atoms with van der Waals surface area (Å²) in [5.41, 5.74) is -0.139. The Labute approximate surface area is 88.8 Å². The zero-order chi connectivity index (χ0) is 11.3. The van der Waals surface area contributed by atoms with Crippen molar-refractivity contribution in [3.05, 3.63) is 22.7 Å². The van der Waals surface area contributed by atoms with Gasteiger partial charge in [-0.25, -0.2) is 4.98 Å². The molecule has 2 N–H and O–H groups in total. The fourth-order valence-corrected chi connectivity index (χ4v) is 1.28. The minimum atomic E-state index is -0.139. The van der Waals surface area contributed by atoms with Gasteiger partial charge in [0.05, 0.1) is 6.61 Å². The molecule has 0 saturated carbocycles. The number of hydrogen-bond donors (Lipinski definition) is 2. The van der Waals surface area contributed by atoms with Crippen molar-refractivity contribution in [3.8, 4) is 0 Å². The number of rotatable bonds is 5. The molecule has 0 aliphatic rings. The van der Waals surface area contributed by atoms with E-state index in [0.717, 1.165) is 0 Å².